The molecule has 1 atom stereocenters. The molecule has 0 radical (unpaired) electrons. The van der Waals surface area contributed by atoms with Crippen molar-refractivity contribution in [3.05, 3.63) is 15.6 Å². The number of carbonyl (C=O) groups is 2. The molecule has 0 bridgehead atoms. The Balaban J connectivity index is 1.54. The molecule has 1 aromatic heterocycles. The molecule has 7 heteroatoms. The van der Waals surface area contributed by atoms with Crippen molar-refractivity contribution in [1.29, 1.82) is 0 Å². The van der Waals surface area contributed by atoms with Gasteiger partial charge in [-0.3, -0.25) is 9.59 Å². The number of amides is 2. The Labute approximate surface area is 138 Å². The van der Waals surface area contributed by atoms with Gasteiger partial charge in [0.2, 0.25) is 11.8 Å². The van der Waals surface area contributed by atoms with Gasteiger partial charge in [0.15, 0.2) is 0 Å². The van der Waals surface area contributed by atoms with Crippen molar-refractivity contribution in [3.63, 3.8) is 0 Å². The first kappa shape index (κ1) is 15.8. The smallest absolute Gasteiger partial charge is 0.243 e. The Bertz CT molecular complexity index is 574. The minimum Gasteiger partial charge on any atom is -0.348 e. The fourth-order valence-electron chi connectivity index (χ4n) is 2.64. The van der Waals surface area contributed by atoms with Crippen LogP contribution >= 0.6 is 23.1 Å². The molecular formula is C15H21N3O2S2. The second-order valence-electron chi connectivity index (χ2n) is 6.25. The number of aryl methyl sites for hydroxylation is 2. The summed E-state index contributed by atoms with van der Waals surface area (Å²) >= 11 is 3.23. The van der Waals surface area contributed by atoms with Crippen LogP contribution in [0.1, 0.15) is 42.3 Å². The molecule has 0 aromatic carbocycles. The van der Waals surface area contributed by atoms with Crippen LogP contribution in [0, 0.1) is 0 Å². The number of aromatic nitrogens is 1. The van der Waals surface area contributed by atoms with Gasteiger partial charge < -0.3 is 10.6 Å². The predicted molar refractivity (Wildman–Crippen MR) is 89.1 cm³/mol. The standard InChI is InChI=1S/C15H21N3O2S2/c1-15(2)14(20)18-10(8-21-15)13(19)16-7-12-17-9-5-3-4-6-11(9)22-12/h10H,3-8H2,1-2H3,(H,16,19)(H,18,20). The lowest BCUT2D eigenvalue weighted by molar-refractivity contribution is -0.129. The maximum absolute atomic E-state index is 12.2. The number of rotatable bonds is 3. The number of fused-ring (bicyclic) bond motifs is 1. The first-order valence-corrected chi connectivity index (χ1v) is 9.46. The zero-order chi connectivity index (χ0) is 15.7. The third kappa shape index (κ3) is 3.30. The molecule has 120 valence electrons. The van der Waals surface area contributed by atoms with Gasteiger partial charge in [-0.2, -0.15) is 0 Å². The van der Waals surface area contributed by atoms with Crippen molar-refractivity contribution in [2.75, 3.05) is 5.75 Å². The highest BCUT2D eigenvalue weighted by molar-refractivity contribution is 8.01. The average molecular weight is 339 g/mol. The van der Waals surface area contributed by atoms with Crippen LogP contribution < -0.4 is 10.6 Å². The van der Waals surface area contributed by atoms with Gasteiger partial charge in [0.25, 0.3) is 0 Å². The Morgan fingerprint density at radius 1 is 1.41 bits per heavy atom. The van der Waals surface area contributed by atoms with Crippen LogP contribution in [0.4, 0.5) is 0 Å². The summed E-state index contributed by atoms with van der Waals surface area (Å²) in [6.45, 7) is 4.21. The number of carbonyl (C=O) groups excluding carboxylic acids is 2. The quantitative estimate of drug-likeness (QED) is 0.878. The molecule has 2 aliphatic rings. The van der Waals surface area contributed by atoms with Gasteiger partial charge in [0.1, 0.15) is 11.0 Å². The lowest BCUT2D eigenvalue weighted by Crippen LogP contribution is -2.57. The number of hydrogen-bond acceptors (Lipinski definition) is 5. The summed E-state index contributed by atoms with van der Waals surface area (Å²) in [5.41, 5.74) is 1.21. The molecule has 2 amide bonds. The molecule has 1 aliphatic heterocycles. The first-order valence-electron chi connectivity index (χ1n) is 7.66. The van der Waals surface area contributed by atoms with Crippen molar-refractivity contribution in [2.45, 2.75) is 56.9 Å². The molecule has 3 rings (SSSR count). The van der Waals surface area contributed by atoms with Crippen LogP contribution in [-0.4, -0.2) is 33.3 Å². The van der Waals surface area contributed by atoms with E-state index < -0.39 is 10.8 Å². The molecule has 22 heavy (non-hydrogen) atoms. The highest BCUT2D eigenvalue weighted by Crippen LogP contribution is 2.29. The summed E-state index contributed by atoms with van der Waals surface area (Å²) in [4.78, 5) is 30.1. The third-order valence-electron chi connectivity index (χ3n) is 4.08. The van der Waals surface area contributed by atoms with Crippen molar-refractivity contribution in [2.24, 2.45) is 0 Å². The zero-order valence-electron chi connectivity index (χ0n) is 12.9. The van der Waals surface area contributed by atoms with Crippen molar-refractivity contribution < 1.29 is 9.59 Å². The van der Waals surface area contributed by atoms with E-state index >= 15 is 0 Å². The van der Waals surface area contributed by atoms with E-state index in [0.717, 1.165) is 17.8 Å². The summed E-state index contributed by atoms with van der Waals surface area (Å²) in [6.07, 6.45) is 4.63. The van der Waals surface area contributed by atoms with Crippen molar-refractivity contribution in [3.8, 4) is 0 Å². The number of nitrogens with one attached hydrogen (secondary N) is 2. The highest BCUT2D eigenvalue weighted by atomic mass is 32.2. The highest BCUT2D eigenvalue weighted by Gasteiger charge is 2.37. The van der Waals surface area contributed by atoms with E-state index in [9.17, 15) is 9.59 Å². The zero-order valence-corrected chi connectivity index (χ0v) is 14.5. The van der Waals surface area contributed by atoms with Gasteiger partial charge in [-0.1, -0.05) is 0 Å². The van der Waals surface area contributed by atoms with E-state index in [0.29, 0.717) is 12.3 Å². The summed E-state index contributed by atoms with van der Waals surface area (Å²) in [5, 5.41) is 6.68. The van der Waals surface area contributed by atoms with E-state index in [1.165, 1.54) is 35.2 Å². The summed E-state index contributed by atoms with van der Waals surface area (Å²) in [6, 6.07) is -0.444. The Kier molecular flexibility index (Phi) is 4.45. The van der Waals surface area contributed by atoms with Crippen molar-refractivity contribution >= 4 is 34.9 Å². The molecule has 5 nitrogen and oxygen atoms in total. The fraction of sp³-hybridized carbons (Fsp3) is 0.667. The van der Waals surface area contributed by atoms with Crippen LogP contribution in [0.5, 0.6) is 0 Å². The van der Waals surface area contributed by atoms with E-state index in [1.54, 1.807) is 11.3 Å². The number of thiazole rings is 1. The number of nitrogens with zero attached hydrogens (tertiary/aromatic N) is 1. The lowest BCUT2D eigenvalue weighted by Gasteiger charge is -2.32. The molecule has 1 unspecified atom stereocenters. The molecule has 1 saturated heterocycles. The molecule has 1 aliphatic carbocycles. The predicted octanol–water partition coefficient (Wildman–Crippen LogP) is 1.65. The van der Waals surface area contributed by atoms with Gasteiger partial charge in [0.05, 0.1) is 17.0 Å². The second kappa shape index (κ2) is 6.20. The van der Waals surface area contributed by atoms with Gasteiger partial charge in [-0.15, -0.1) is 23.1 Å². The molecule has 1 fully saturated rings. The SMILES string of the molecule is CC1(C)SCC(C(=O)NCc2nc3c(s2)CCCC3)NC1=O. The summed E-state index contributed by atoms with van der Waals surface area (Å²) in [7, 11) is 0. The molecule has 2 N–H and O–H groups in total. The first-order chi connectivity index (χ1) is 10.5. The minimum absolute atomic E-state index is 0.0754. The van der Waals surface area contributed by atoms with E-state index in [2.05, 4.69) is 15.6 Å². The maximum Gasteiger partial charge on any atom is 0.243 e. The third-order valence-corrected chi connectivity index (χ3v) is 6.65. The van der Waals surface area contributed by atoms with E-state index in [4.69, 9.17) is 0 Å². The van der Waals surface area contributed by atoms with Crippen molar-refractivity contribution in [1.82, 2.24) is 15.6 Å². The van der Waals surface area contributed by atoms with Gasteiger partial charge >= 0.3 is 0 Å². The molecule has 0 spiro atoms. The van der Waals surface area contributed by atoms with Crippen LogP contribution in [0.15, 0.2) is 0 Å². The monoisotopic (exact) mass is 339 g/mol. The van der Waals surface area contributed by atoms with E-state index in [1.807, 2.05) is 13.8 Å². The van der Waals surface area contributed by atoms with Crippen LogP contribution in [0.2, 0.25) is 0 Å². The van der Waals surface area contributed by atoms with Gasteiger partial charge in [0, 0.05) is 10.6 Å². The normalized spacial score (nSPS) is 23.5. The molecule has 0 saturated carbocycles. The fourth-order valence-corrected chi connectivity index (χ4v) is 4.74. The summed E-state index contributed by atoms with van der Waals surface area (Å²) in [5.74, 6) is 0.414. The average Bonchev–Trinajstić information content (AvgIpc) is 2.90. The lowest BCUT2D eigenvalue weighted by atomic mass is 10.0. The van der Waals surface area contributed by atoms with Crippen LogP contribution in [0.25, 0.3) is 0 Å². The largest absolute Gasteiger partial charge is 0.348 e. The Morgan fingerprint density at radius 3 is 2.91 bits per heavy atom. The van der Waals surface area contributed by atoms with Gasteiger partial charge in [-0.05, 0) is 39.5 Å². The van der Waals surface area contributed by atoms with Crippen LogP contribution in [0.3, 0.4) is 0 Å². The number of thioether (sulfide) groups is 1. The molecular weight excluding hydrogens is 318 g/mol. The molecule has 2 heterocycles. The summed E-state index contributed by atoms with van der Waals surface area (Å²) < 4.78 is -0.453. The maximum atomic E-state index is 12.2. The second-order valence-corrected chi connectivity index (χ2v) is 9.06. The minimum atomic E-state index is -0.453. The number of hydrogen-bond donors (Lipinski definition) is 2. The van der Waals surface area contributed by atoms with E-state index in [-0.39, 0.29) is 11.8 Å². The Morgan fingerprint density at radius 2 is 2.18 bits per heavy atom. The Hall–Kier alpha value is -1.08. The topological polar surface area (TPSA) is 71.1 Å². The molecule has 1 aromatic rings. The van der Waals surface area contributed by atoms with Crippen LogP contribution in [-0.2, 0) is 29.0 Å². The van der Waals surface area contributed by atoms with Gasteiger partial charge in [-0.25, -0.2) is 4.98 Å².